The number of hydrogen-bond acceptors (Lipinski definition) is 5. The molecule has 3 rings (SSSR count). The van der Waals surface area contributed by atoms with Gasteiger partial charge in [-0.3, -0.25) is 4.79 Å². The minimum absolute atomic E-state index is 0.124. The number of nitrogens with zero attached hydrogens (tertiary/aromatic N) is 1. The van der Waals surface area contributed by atoms with Crippen LogP contribution in [0.4, 0.5) is 0 Å². The molecule has 1 saturated heterocycles. The Bertz CT molecular complexity index is 717. The molecule has 1 amide bonds. The molecule has 0 radical (unpaired) electrons. The fourth-order valence-electron chi connectivity index (χ4n) is 2.57. The highest BCUT2D eigenvalue weighted by molar-refractivity contribution is 7.96. The van der Waals surface area contributed by atoms with Crippen LogP contribution in [0, 0.1) is 0 Å². The summed E-state index contributed by atoms with van der Waals surface area (Å²) in [6.45, 7) is 1.58. The minimum atomic E-state index is -3.83. The Morgan fingerprint density at radius 1 is 1.24 bits per heavy atom. The van der Waals surface area contributed by atoms with Gasteiger partial charge >= 0.3 is 0 Å². The molecule has 0 aromatic heterocycles. The van der Waals surface area contributed by atoms with Crippen molar-refractivity contribution in [1.82, 2.24) is 4.90 Å². The van der Waals surface area contributed by atoms with Crippen molar-refractivity contribution in [2.24, 2.45) is 0 Å². The Morgan fingerprint density at radius 2 is 1.90 bits per heavy atom. The third kappa shape index (κ3) is 2.13. The Labute approximate surface area is 122 Å². The van der Waals surface area contributed by atoms with E-state index in [4.69, 9.17) is 9.47 Å². The molecular formula is C14H15NO5S. The van der Waals surface area contributed by atoms with E-state index in [0.717, 1.165) is 0 Å². The maximum absolute atomic E-state index is 12.6. The third-order valence-electron chi connectivity index (χ3n) is 3.59. The molecule has 0 spiro atoms. The highest BCUT2D eigenvalue weighted by atomic mass is 32.2. The van der Waals surface area contributed by atoms with Gasteiger partial charge in [-0.25, -0.2) is 8.42 Å². The Hall–Kier alpha value is -1.86. The lowest BCUT2D eigenvalue weighted by Gasteiger charge is -2.27. The molecule has 2 heterocycles. The lowest BCUT2D eigenvalue weighted by atomic mass is 10.2. The van der Waals surface area contributed by atoms with Crippen molar-refractivity contribution in [3.05, 3.63) is 34.7 Å². The molecule has 2 aliphatic rings. The smallest absolute Gasteiger partial charge is 0.269 e. The second kappa shape index (κ2) is 5.16. The maximum atomic E-state index is 12.6. The van der Waals surface area contributed by atoms with Gasteiger partial charge in [0.1, 0.15) is 0 Å². The summed E-state index contributed by atoms with van der Waals surface area (Å²) in [5.41, 5.74) is 0.441. The van der Waals surface area contributed by atoms with Crippen LogP contribution in [-0.2, 0) is 24.1 Å². The zero-order valence-corrected chi connectivity index (χ0v) is 12.4. The molecule has 0 aliphatic carbocycles. The highest BCUT2D eigenvalue weighted by Gasteiger charge is 2.42. The number of carbonyl (C=O) groups is 1. The van der Waals surface area contributed by atoms with Crippen molar-refractivity contribution < 1.29 is 22.7 Å². The first-order valence-corrected chi connectivity index (χ1v) is 8.05. The molecule has 0 saturated carbocycles. The summed E-state index contributed by atoms with van der Waals surface area (Å²) in [6.07, 6.45) is 0. The van der Waals surface area contributed by atoms with E-state index in [2.05, 4.69) is 0 Å². The van der Waals surface area contributed by atoms with Gasteiger partial charge in [0.05, 0.1) is 25.2 Å². The summed E-state index contributed by atoms with van der Waals surface area (Å²) in [6, 6.07) is 6.48. The van der Waals surface area contributed by atoms with E-state index < -0.39 is 15.7 Å². The number of benzene rings is 1. The average Bonchev–Trinajstić information content (AvgIpc) is 2.75. The molecular weight excluding hydrogens is 294 g/mol. The largest absolute Gasteiger partial charge is 0.494 e. The zero-order chi connectivity index (χ0) is 15.0. The van der Waals surface area contributed by atoms with Crippen LogP contribution in [0.3, 0.4) is 0 Å². The average molecular weight is 309 g/mol. The van der Waals surface area contributed by atoms with Crippen molar-refractivity contribution >= 4 is 21.5 Å². The molecule has 7 heteroatoms. The van der Waals surface area contributed by atoms with Crippen LogP contribution in [-0.4, -0.2) is 52.6 Å². The number of amides is 1. The number of ether oxygens (including phenoxy) is 2. The topological polar surface area (TPSA) is 72.9 Å². The lowest BCUT2D eigenvalue weighted by molar-refractivity contribution is -0.130. The Kier molecular flexibility index (Phi) is 3.46. The number of rotatable bonds is 2. The maximum Gasteiger partial charge on any atom is 0.269 e. The van der Waals surface area contributed by atoms with Gasteiger partial charge in [-0.2, -0.15) is 0 Å². The van der Waals surface area contributed by atoms with Crippen LogP contribution >= 0.6 is 0 Å². The summed E-state index contributed by atoms with van der Waals surface area (Å²) in [4.78, 5) is 13.9. The van der Waals surface area contributed by atoms with Gasteiger partial charge in [0.15, 0.2) is 10.7 Å². The van der Waals surface area contributed by atoms with Crippen molar-refractivity contribution in [2.75, 3.05) is 33.4 Å². The van der Waals surface area contributed by atoms with Gasteiger partial charge in [-0.05, 0) is 12.1 Å². The molecule has 2 aliphatic heterocycles. The van der Waals surface area contributed by atoms with Crippen molar-refractivity contribution in [1.29, 1.82) is 0 Å². The van der Waals surface area contributed by atoms with Crippen LogP contribution in [0.15, 0.2) is 34.1 Å². The predicted molar refractivity (Wildman–Crippen MR) is 75.0 cm³/mol. The number of carbonyl (C=O) groups excluding carboxylic acids is 1. The number of morpholine rings is 1. The molecule has 0 atom stereocenters. The van der Waals surface area contributed by atoms with Crippen LogP contribution in [0.5, 0.6) is 0 Å². The predicted octanol–water partition coefficient (Wildman–Crippen LogP) is 0.648. The fraction of sp³-hybridized carbons (Fsp3) is 0.357. The molecule has 112 valence electrons. The van der Waals surface area contributed by atoms with E-state index in [1.165, 1.54) is 18.1 Å². The molecule has 1 aromatic carbocycles. The van der Waals surface area contributed by atoms with E-state index in [1.54, 1.807) is 18.2 Å². The monoisotopic (exact) mass is 309 g/mol. The first kappa shape index (κ1) is 14.1. The van der Waals surface area contributed by atoms with Gasteiger partial charge in [-0.1, -0.05) is 12.1 Å². The number of methoxy groups -OCH3 is 1. The second-order valence-electron chi connectivity index (χ2n) is 4.77. The second-order valence-corrected chi connectivity index (χ2v) is 6.62. The van der Waals surface area contributed by atoms with Crippen molar-refractivity contribution in [3.8, 4) is 0 Å². The fourth-order valence-corrected chi connectivity index (χ4v) is 4.29. The van der Waals surface area contributed by atoms with Gasteiger partial charge in [0.25, 0.3) is 5.91 Å². The third-order valence-corrected chi connectivity index (χ3v) is 5.43. The summed E-state index contributed by atoms with van der Waals surface area (Å²) in [5.74, 6) is -0.395. The number of sulfone groups is 1. The summed E-state index contributed by atoms with van der Waals surface area (Å²) in [7, 11) is -2.46. The molecule has 1 fully saturated rings. The van der Waals surface area contributed by atoms with Crippen LogP contribution in [0.1, 0.15) is 5.56 Å². The quantitative estimate of drug-likeness (QED) is 0.802. The Balaban J connectivity index is 2.10. The van der Waals surface area contributed by atoms with Crippen LogP contribution in [0.25, 0.3) is 5.76 Å². The van der Waals surface area contributed by atoms with E-state index in [9.17, 15) is 13.2 Å². The van der Waals surface area contributed by atoms with E-state index in [1.807, 2.05) is 0 Å². The highest BCUT2D eigenvalue weighted by Crippen LogP contribution is 2.40. The van der Waals surface area contributed by atoms with E-state index in [-0.39, 0.29) is 15.6 Å². The van der Waals surface area contributed by atoms with Gasteiger partial charge in [-0.15, -0.1) is 0 Å². The standard InChI is InChI=1S/C14H15NO5S/c1-19-12-10-4-2-3-5-11(10)21(17,18)13(12)14(16)15-6-8-20-9-7-15/h2-5H,6-9H2,1H3. The molecule has 0 bridgehead atoms. The normalized spacial score (nSPS) is 20.3. The van der Waals surface area contributed by atoms with Crippen LogP contribution < -0.4 is 0 Å². The van der Waals surface area contributed by atoms with Crippen LogP contribution in [0.2, 0.25) is 0 Å². The van der Waals surface area contributed by atoms with Crippen molar-refractivity contribution in [3.63, 3.8) is 0 Å². The van der Waals surface area contributed by atoms with Gasteiger partial charge in [0, 0.05) is 18.7 Å². The van der Waals surface area contributed by atoms with Crippen molar-refractivity contribution in [2.45, 2.75) is 4.90 Å². The zero-order valence-electron chi connectivity index (χ0n) is 11.5. The molecule has 21 heavy (non-hydrogen) atoms. The van der Waals surface area contributed by atoms with E-state index in [0.29, 0.717) is 31.9 Å². The number of hydrogen-bond donors (Lipinski definition) is 0. The summed E-state index contributed by atoms with van der Waals surface area (Å²) in [5, 5.41) is 0. The number of fused-ring (bicyclic) bond motifs is 1. The van der Waals surface area contributed by atoms with Gasteiger partial charge in [0.2, 0.25) is 9.84 Å². The summed E-state index contributed by atoms with van der Waals surface area (Å²) < 4.78 is 35.7. The van der Waals surface area contributed by atoms with Gasteiger partial charge < -0.3 is 14.4 Å². The Morgan fingerprint density at radius 3 is 2.57 bits per heavy atom. The lowest BCUT2D eigenvalue weighted by Crippen LogP contribution is -2.42. The molecule has 0 unspecified atom stereocenters. The SMILES string of the molecule is COC1=C(C(=O)N2CCOCC2)S(=O)(=O)c2ccccc21. The first-order valence-electron chi connectivity index (χ1n) is 6.57. The minimum Gasteiger partial charge on any atom is -0.494 e. The molecule has 0 N–H and O–H groups in total. The molecule has 1 aromatic rings. The van der Waals surface area contributed by atoms with E-state index >= 15 is 0 Å². The molecule has 6 nitrogen and oxygen atoms in total. The summed E-state index contributed by atoms with van der Waals surface area (Å²) >= 11 is 0. The first-order chi connectivity index (χ1) is 10.1.